The van der Waals surface area contributed by atoms with Gasteiger partial charge in [0.15, 0.2) is 6.04 Å². The molecule has 24 heavy (non-hydrogen) atoms. The minimum absolute atomic E-state index is 0.0825. The zero-order chi connectivity index (χ0) is 17.7. The number of urea groups is 1. The Hall–Kier alpha value is -2.61. The molecule has 8 nitrogen and oxygen atoms in total. The number of hydrogen-bond donors (Lipinski definition) is 0. The first-order valence-electron chi connectivity index (χ1n) is 6.97. The zero-order valence-corrected chi connectivity index (χ0v) is 13.6. The van der Waals surface area contributed by atoms with Crippen LogP contribution < -0.4 is 0 Å². The molecular weight excluding hydrogens is 340 g/mol. The van der Waals surface area contributed by atoms with Crippen LogP contribution in [-0.4, -0.2) is 59.4 Å². The predicted octanol–water partition coefficient (Wildman–Crippen LogP) is 1.37. The highest BCUT2D eigenvalue weighted by Crippen LogP contribution is 2.20. The molecule has 1 aromatic rings. The van der Waals surface area contributed by atoms with Crippen molar-refractivity contribution in [2.24, 2.45) is 0 Å². The molecule has 1 saturated heterocycles. The minimum atomic E-state index is -1.27. The van der Waals surface area contributed by atoms with Gasteiger partial charge in [-0.3, -0.25) is 9.69 Å². The number of rotatable bonds is 4. The third-order valence-electron chi connectivity index (χ3n) is 3.39. The monoisotopic (exact) mass is 354 g/mol. The smallest absolute Gasteiger partial charge is 0.419 e. The number of halogens is 1. The van der Waals surface area contributed by atoms with E-state index >= 15 is 0 Å². The lowest BCUT2D eigenvalue weighted by molar-refractivity contribution is -0.144. The van der Waals surface area contributed by atoms with Crippen molar-refractivity contribution in [2.75, 3.05) is 19.5 Å². The molecular formula is C15H15ClN2O6. The molecule has 1 aliphatic rings. The summed E-state index contributed by atoms with van der Waals surface area (Å²) in [6.07, 6.45) is -1.04. The molecule has 0 radical (unpaired) electrons. The largest absolute Gasteiger partial charge is 0.467 e. The van der Waals surface area contributed by atoms with Crippen molar-refractivity contribution in [3.8, 4) is 0 Å². The van der Waals surface area contributed by atoms with Crippen LogP contribution in [0.5, 0.6) is 0 Å². The lowest BCUT2D eigenvalue weighted by Gasteiger charge is -2.18. The van der Waals surface area contributed by atoms with E-state index in [4.69, 9.17) is 16.3 Å². The summed E-state index contributed by atoms with van der Waals surface area (Å²) in [6, 6.07) is 6.58. The number of esters is 1. The van der Waals surface area contributed by atoms with Crippen LogP contribution in [0.4, 0.5) is 9.59 Å². The third-order valence-corrected chi connectivity index (χ3v) is 3.62. The van der Waals surface area contributed by atoms with E-state index in [1.165, 1.54) is 0 Å². The van der Waals surface area contributed by atoms with Crippen LogP contribution in [0.1, 0.15) is 5.56 Å². The SMILES string of the molecule is COC(=O)[C@@H]1CN(C(=O)CCl)C(=O)N1C(=O)OCc1ccccc1. The number of alkyl halides is 1. The first-order valence-corrected chi connectivity index (χ1v) is 7.51. The van der Waals surface area contributed by atoms with Gasteiger partial charge in [-0.25, -0.2) is 19.3 Å². The van der Waals surface area contributed by atoms with Gasteiger partial charge in [0, 0.05) is 0 Å². The fraction of sp³-hybridized carbons (Fsp3) is 0.333. The Labute approximate surface area is 142 Å². The van der Waals surface area contributed by atoms with Crippen LogP contribution in [0.2, 0.25) is 0 Å². The number of imide groups is 2. The van der Waals surface area contributed by atoms with Crippen molar-refractivity contribution in [2.45, 2.75) is 12.6 Å². The molecule has 9 heteroatoms. The summed E-state index contributed by atoms with van der Waals surface area (Å²) in [5.41, 5.74) is 0.709. The van der Waals surface area contributed by atoms with Gasteiger partial charge in [0.2, 0.25) is 5.91 Å². The van der Waals surface area contributed by atoms with E-state index in [0.29, 0.717) is 10.5 Å². The van der Waals surface area contributed by atoms with E-state index < -0.39 is 35.9 Å². The highest BCUT2D eigenvalue weighted by atomic mass is 35.5. The van der Waals surface area contributed by atoms with Crippen molar-refractivity contribution < 1.29 is 28.7 Å². The Morgan fingerprint density at radius 3 is 2.50 bits per heavy atom. The normalized spacial score (nSPS) is 16.9. The van der Waals surface area contributed by atoms with Crippen LogP contribution >= 0.6 is 11.6 Å². The number of methoxy groups -OCH3 is 1. The second kappa shape index (κ2) is 7.78. The van der Waals surface area contributed by atoms with Gasteiger partial charge in [0.1, 0.15) is 12.5 Å². The molecule has 0 aromatic heterocycles. The molecule has 1 fully saturated rings. The van der Waals surface area contributed by atoms with Gasteiger partial charge in [-0.1, -0.05) is 30.3 Å². The summed E-state index contributed by atoms with van der Waals surface area (Å²) in [5, 5.41) is 0. The molecule has 4 amide bonds. The van der Waals surface area contributed by atoms with Crippen LogP contribution in [0.25, 0.3) is 0 Å². The van der Waals surface area contributed by atoms with Crippen LogP contribution in [0, 0.1) is 0 Å². The number of hydrogen-bond acceptors (Lipinski definition) is 6. The average molecular weight is 355 g/mol. The molecule has 1 aliphatic heterocycles. The van der Waals surface area contributed by atoms with Crippen molar-refractivity contribution in [3.05, 3.63) is 35.9 Å². The average Bonchev–Trinajstić information content (AvgIpc) is 2.96. The van der Waals surface area contributed by atoms with Gasteiger partial charge >= 0.3 is 18.1 Å². The Kier molecular flexibility index (Phi) is 5.75. The number of benzene rings is 1. The quantitative estimate of drug-likeness (QED) is 0.599. The summed E-state index contributed by atoms with van der Waals surface area (Å²) in [7, 11) is 1.12. The number of amides is 4. The van der Waals surface area contributed by atoms with Gasteiger partial charge in [0.05, 0.1) is 13.7 Å². The molecule has 2 rings (SSSR count). The summed E-state index contributed by atoms with van der Waals surface area (Å²) >= 11 is 5.43. The highest BCUT2D eigenvalue weighted by molar-refractivity contribution is 6.28. The molecule has 1 heterocycles. The number of nitrogens with zero attached hydrogens (tertiary/aromatic N) is 2. The topological polar surface area (TPSA) is 93.2 Å². The maximum Gasteiger partial charge on any atom is 0.419 e. The van der Waals surface area contributed by atoms with E-state index in [0.717, 1.165) is 12.0 Å². The highest BCUT2D eigenvalue weighted by Gasteiger charge is 2.48. The fourth-order valence-electron chi connectivity index (χ4n) is 2.19. The van der Waals surface area contributed by atoms with Crippen LogP contribution in [0.15, 0.2) is 30.3 Å². The lowest BCUT2D eigenvalue weighted by atomic mass is 10.2. The van der Waals surface area contributed by atoms with E-state index in [9.17, 15) is 19.2 Å². The van der Waals surface area contributed by atoms with E-state index in [1.807, 2.05) is 0 Å². The lowest BCUT2D eigenvalue weighted by Crippen LogP contribution is -2.45. The second-order valence-electron chi connectivity index (χ2n) is 4.87. The van der Waals surface area contributed by atoms with Crippen molar-refractivity contribution in [3.63, 3.8) is 0 Å². The predicted molar refractivity (Wildman–Crippen MR) is 82.1 cm³/mol. The van der Waals surface area contributed by atoms with Gasteiger partial charge in [0.25, 0.3) is 0 Å². The molecule has 0 N–H and O–H groups in total. The standard InChI is InChI=1S/C15H15ClN2O6/c1-23-13(20)11-8-17(12(19)7-16)14(21)18(11)15(22)24-9-10-5-3-2-4-6-10/h2-6,11H,7-9H2,1H3/t11-/m0/s1. The van der Waals surface area contributed by atoms with Gasteiger partial charge in [-0.05, 0) is 5.56 Å². The minimum Gasteiger partial charge on any atom is -0.467 e. The van der Waals surface area contributed by atoms with E-state index in [2.05, 4.69) is 4.74 Å². The van der Waals surface area contributed by atoms with Crippen molar-refractivity contribution >= 4 is 35.6 Å². The van der Waals surface area contributed by atoms with Crippen molar-refractivity contribution in [1.82, 2.24) is 9.80 Å². The fourth-order valence-corrected chi connectivity index (χ4v) is 2.33. The maximum absolute atomic E-state index is 12.3. The molecule has 1 atom stereocenters. The first kappa shape index (κ1) is 17.7. The summed E-state index contributed by atoms with van der Waals surface area (Å²) in [5.74, 6) is -1.99. The Bertz CT molecular complexity index is 651. The molecule has 0 saturated carbocycles. The Morgan fingerprint density at radius 1 is 1.25 bits per heavy atom. The number of ether oxygens (including phenoxy) is 2. The molecule has 0 aliphatic carbocycles. The van der Waals surface area contributed by atoms with E-state index in [-0.39, 0.29) is 13.2 Å². The zero-order valence-electron chi connectivity index (χ0n) is 12.8. The van der Waals surface area contributed by atoms with Gasteiger partial charge < -0.3 is 9.47 Å². The molecule has 0 unspecified atom stereocenters. The molecule has 0 bridgehead atoms. The molecule has 1 aromatic carbocycles. The van der Waals surface area contributed by atoms with Crippen LogP contribution in [-0.2, 0) is 25.7 Å². The number of carbonyl (C=O) groups is 4. The van der Waals surface area contributed by atoms with Crippen LogP contribution in [0.3, 0.4) is 0 Å². The number of carbonyl (C=O) groups excluding carboxylic acids is 4. The Morgan fingerprint density at radius 2 is 1.92 bits per heavy atom. The molecule has 128 valence electrons. The van der Waals surface area contributed by atoms with E-state index in [1.54, 1.807) is 30.3 Å². The third kappa shape index (κ3) is 3.65. The second-order valence-corrected chi connectivity index (χ2v) is 5.14. The maximum atomic E-state index is 12.3. The summed E-state index contributed by atoms with van der Waals surface area (Å²) < 4.78 is 9.63. The van der Waals surface area contributed by atoms with Crippen molar-refractivity contribution in [1.29, 1.82) is 0 Å². The summed E-state index contributed by atoms with van der Waals surface area (Å²) in [6.45, 7) is -0.404. The Balaban J connectivity index is 2.14. The molecule has 0 spiro atoms. The van der Waals surface area contributed by atoms with Gasteiger partial charge in [-0.2, -0.15) is 0 Å². The summed E-state index contributed by atoms with van der Waals surface area (Å²) in [4.78, 5) is 49.2. The first-order chi connectivity index (χ1) is 11.5. The van der Waals surface area contributed by atoms with Gasteiger partial charge in [-0.15, -0.1) is 11.6 Å².